The van der Waals surface area contributed by atoms with Crippen molar-refractivity contribution in [2.45, 2.75) is 77.5 Å². The van der Waals surface area contributed by atoms with E-state index in [9.17, 15) is 24.3 Å². The van der Waals surface area contributed by atoms with E-state index in [0.29, 0.717) is 0 Å². The van der Waals surface area contributed by atoms with Gasteiger partial charge in [-0.1, -0.05) is 48.5 Å². The lowest BCUT2D eigenvalue weighted by Crippen LogP contribution is -2.43. The van der Waals surface area contributed by atoms with E-state index >= 15 is 0 Å². The number of carbonyl (C=O) groups excluding carboxylic acids is 3. The Balaban J connectivity index is 1.56. The number of nitrogens with one attached hydrogen (secondary N) is 1. The van der Waals surface area contributed by atoms with Crippen LogP contribution in [0.15, 0.2) is 48.5 Å². The summed E-state index contributed by atoms with van der Waals surface area (Å²) in [5.41, 5.74) is 2.89. The van der Waals surface area contributed by atoms with Gasteiger partial charge in [0.1, 0.15) is 23.9 Å². The molecule has 0 aromatic heterocycles. The maximum absolute atomic E-state index is 12.7. The van der Waals surface area contributed by atoms with E-state index in [1.165, 1.54) is 0 Å². The Morgan fingerprint density at radius 1 is 0.833 bits per heavy atom. The molecule has 0 heterocycles. The summed E-state index contributed by atoms with van der Waals surface area (Å²) in [6.07, 6.45) is -0.506. The number of nitrogens with zero attached hydrogens (tertiary/aromatic N) is 1. The maximum Gasteiger partial charge on any atom is 0.407 e. The quantitative estimate of drug-likeness (QED) is 0.269. The zero-order valence-corrected chi connectivity index (χ0v) is 25.3. The second-order valence-electron chi connectivity index (χ2n) is 12.4. The maximum atomic E-state index is 12.7. The molecular formula is C32H42N2O8. The third kappa shape index (κ3) is 9.87. The average Bonchev–Trinajstić information content (AvgIpc) is 3.18. The molecule has 0 unspecified atom stereocenters. The predicted octanol–water partition coefficient (Wildman–Crippen LogP) is 4.74. The van der Waals surface area contributed by atoms with Gasteiger partial charge in [0.15, 0.2) is 0 Å². The van der Waals surface area contributed by atoms with Crippen LogP contribution in [0.1, 0.15) is 71.4 Å². The van der Waals surface area contributed by atoms with Gasteiger partial charge in [-0.05, 0) is 83.2 Å². The monoisotopic (exact) mass is 582 g/mol. The van der Waals surface area contributed by atoms with Crippen LogP contribution in [-0.4, -0.2) is 77.5 Å². The standard InChI is InChI=1S/C32H42N2O8/c1-31(2,3)41-27(35)18-34(19-28(36)42-32(4,5)6)17-11-16-26(29(37)38)33-30(39)40-20-25-23-14-9-7-12-21(23)22-13-8-10-15-24(22)25/h7-10,12-15,25-26H,11,16-20H2,1-6H3,(H,33,39)(H,37,38)/t26-/m0/s1. The van der Waals surface area contributed by atoms with Crippen LogP contribution in [0.25, 0.3) is 11.1 Å². The number of rotatable bonds is 12. The van der Waals surface area contributed by atoms with Crippen molar-refractivity contribution >= 4 is 24.0 Å². The summed E-state index contributed by atoms with van der Waals surface area (Å²) in [5.74, 6) is -2.40. The highest BCUT2D eigenvalue weighted by Gasteiger charge is 2.30. The minimum absolute atomic E-state index is 0.0542. The SMILES string of the molecule is CC(C)(C)OC(=O)CN(CCC[C@H](NC(=O)OCC1c2ccccc2-c2ccccc21)C(=O)O)CC(=O)OC(C)(C)C. The fourth-order valence-corrected chi connectivity index (χ4v) is 4.89. The van der Waals surface area contributed by atoms with Gasteiger partial charge in [0.25, 0.3) is 0 Å². The topological polar surface area (TPSA) is 131 Å². The van der Waals surface area contributed by atoms with Crippen molar-refractivity contribution in [3.05, 3.63) is 59.7 Å². The Labute approximate surface area is 247 Å². The first-order valence-electron chi connectivity index (χ1n) is 14.1. The zero-order valence-electron chi connectivity index (χ0n) is 25.3. The average molecular weight is 583 g/mol. The van der Waals surface area contributed by atoms with Gasteiger partial charge in [-0.2, -0.15) is 0 Å². The molecule has 1 amide bonds. The van der Waals surface area contributed by atoms with Crippen molar-refractivity contribution in [2.75, 3.05) is 26.2 Å². The Bertz CT molecular complexity index is 1200. The van der Waals surface area contributed by atoms with Gasteiger partial charge in [0.2, 0.25) is 0 Å². The summed E-state index contributed by atoms with van der Waals surface area (Å²) >= 11 is 0. The van der Waals surface area contributed by atoms with Crippen LogP contribution in [0.2, 0.25) is 0 Å². The van der Waals surface area contributed by atoms with Gasteiger partial charge in [0, 0.05) is 5.92 Å². The number of carboxylic acid groups (broad SMARTS) is 1. The number of aliphatic carboxylic acids is 1. The van der Waals surface area contributed by atoms with E-state index in [0.717, 1.165) is 22.3 Å². The highest BCUT2D eigenvalue weighted by Crippen LogP contribution is 2.44. The molecule has 2 aromatic rings. The van der Waals surface area contributed by atoms with Crippen LogP contribution < -0.4 is 5.32 Å². The van der Waals surface area contributed by atoms with E-state index in [-0.39, 0.29) is 45.0 Å². The van der Waals surface area contributed by atoms with Crippen LogP contribution in [0.5, 0.6) is 0 Å². The van der Waals surface area contributed by atoms with Crippen molar-refractivity contribution in [1.82, 2.24) is 10.2 Å². The van der Waals surface area contributed by atoms with Gasteiger partial charge >= 0.3 is 24.0 Å². The molecule has 0 saturated carbocycles. The number of carboxylic acids is 1. The summed E-state index contributed by atoms with van der Waals surface area (Å²) in [4.78, 5) is 51.0. The number of esters is 2. The lowest BCUT2D eigenvalue weighted by molar-refractivity contribution is -0.160. The minimum atomic E-state index is -1.22. The first kappa shape index (κ1) is 32.6. The molecule has 0 aliphatic heterocycles. The summed E-state index contributed by atoms with van der Waals surface area (Å²) in [5, 5.41) is 12.2. The largest absolute Gasteiger partial charge is 0.480 e. The smallest absolute Gasteiger partial charge is 0.407 e. The summed E-state index contributed by atoms with van der Waals surface area (Å²) < 4.78 is 16.3. The number of benzene rings is 2. The Morgan fingerprint density at radius 2 is 1.31 bits per heavy atom. The van der Waals surface area contributed by atoms with Gasteiger partial charge in [-0.3, -0.25) is 14.5 Å². The number of ether oxygens (including phenoxy) is 3. The van der Waals surface area contributed by atoms with Crippen molar-refractivity contribution in [3.8, 4) is 11.1 Å². The van der Waals surface area contributed by atoms with Gasteiger partial charge in [0.05, 0.1) is 13.1 Å². The summed E-state index contributed by atoms with van der Waals surface area (Å²) in [6.45, 7) is 10.4. The van der Waals surface area contributed by atoms with Crippen LogP contribution in [0.4, 0.5) is 4.79 Å². The van der Waals surface area contributed by atoms with E-state index in [2.05, 4.69) is 5.32 Å². The fraction of sp³-hybridized carbons (Fsp3) is 0.500. The van der Waals surface area contributed by atoms with Crippen LogP contribution in [0.3, 0.4) is 0 Å². The first-order valence-corrected chi connectivity index (χ1v) is 14.1. The first-order chi connectivity index (χ1) is 19.6. The number of amides is 1. The Hall–Kier alpha value is -3.92. The van der Waals surface area contributed by atoms with E-state index in [1.54, 1.807) is 46.4 Å². The van der Waals surface area contributed by atoms with Gasteiger partial charge < -0.3 is 24.6 Å². The van der Waals surface area contributed by atoms with Crippen LogP contribution in [0, 0.1) is 0 Å². The number of hydrogen-bond donors (Lipinski definition) is 2. The third-order valence-corrected chi connectivity index (χ3v) is 6.45. The molecule has 42 heavy (non-hydrogen) atoms. The van der Waals surface area contributed by atoms with Crippen LogP contribution in [-0.2, 0) is 28.6 Å². The molecule has 2 N–H and O–H groups in total. The zero-order chi connectivity index (χ0) is 31.1. The lowest BCUT2D eigenvalue weighted by Gasteiger charge is -2.26. The molecule has 0 saturated heterocycles. The number of carbonyl (C=O) groups is 4. The molecule has 1 aliphatic rings. The number of alkyl carbamates (subject to hydrolysis) is 1. The Kier molecular flexibility index (Phi) is 10.7. The van der Waals surface area contributed by atoms with Gasteiger partial charge in [-0.25, -0.2) is 9.59 Å². The summed E-state index contributed by atoms with van der Waals surface area (Å²) in [6, 6.07) is 14.7. The van der Waals surface area contributed by atoms with Crippen molar-refractivity contribution < 1.29 is 38.5 Å². The lowest BCUT2D eigenvalue weighted by atomic mass is 9.98. The second-order valence-corrected chi connectivity index (χ2v) is 12.4. The molecule has 0 spiro atoms. The third-order valence-electron chi connectivity index (χ3n) is 6.45. The molecule has 0 bridgehead atoms. The van der Waals surface area contributed by atoms with Crippen molar-refractivity contribution in [2.24, 2.45) is 0 Å². The molecule has 10 nitrogen and oxygen atoms in total. The van der Waals surface area contributed by atoms with Crippen LogP contribution >= 0.6 is 0 Å². The Morgan fingerprint density at radius 3 is 1.76 bits per heavy atom. The molecule has 1 atom stereocenters. The minimum Gasteiger partial charge on any atom is -0.480 e. The van der Waals surface area contributed by atoms with E-state index in [1.807, 2.05) is 48.5 Å². The summed E-state index contributed by atoms with van der Waals surface area (Å²) in [7, 11) is 0. The normalized spacial score (nSPS) is 13.6. The van der Waals surface area contributed by atoms with Crippen molar-refractivity contribution in [1.29, 1.82) is 0 Å². The number of hydrogen-bond acceptors (Lipinski definition) is 8. The number of fused-ring (bicyclic) bond motifs is 3. The molecular weight excluding hydrogens is 540 g/mol. The highest BCUT2D eigenvalue weighted by molar-refractivity contribution is 5.81. The molecule has 1 aliphatic carbocycles. The second kappa shape index (κ2) is 13.8. The van der Waals surface area contributed by atoms with E-state index in [4.69, 9.17) is 14.2 Å². The highest BCUT2D eigenvalue weighted by atomic mass is 16.6. The van der Waals surface area contributed by atoms with E-state index < -0.39 is 41.2 Å². The van der Waals surface area contributed by atoms with Crippen molar-refractivity contribution in [3.63, 3.8) is 0 Å². The molecule has 0 radical (unpaired) electrons. The molecule has 10 heteroatoms. The van der Waals surface area contributed by atoms with Gasteiger partial charge in [-0.15, -0.1) is 0 Å². The fourth-order valence-electron chi connectivity index (χ4n) is 4.89. The molecule has 228 valence electrons. The predicted molar refractivity (Wildman–Crippen MR) is 157 cm³/mol. The molecule has 0 fully saturated rings. The molecule has 3 rings (SSSR count). The molecule has 2 aromatic carbocycles.